The molecule has 4 rings (SSSR count). The molecule has 5 nitrogen and oxygen atoms in total. The van der Waals surface area contributed by atoms with Gasteiger partial charge >= 0.3 is 0 Å². The second-order valence-corrected chi connectivity index (χ2v) is 9.66. The van der Waals surface area contributed by atoms with E-state index in [1.54, 1.807) is 0 Å². The third-order valence-electron chi connectivity index (χ3n) is 5.59. The van der Waals surface area contributed by atoms with Crippen molar-refractivity contribution in [3.8, 4) is 0 Å². The predicted molar refractivity (Wildman–Crippen MR) is 129 cm³/mol. The maximum Gasteiger partial charge on any atom is 0.280 e. The molecule has 0 radical (unpaired) electrons. The SMILES string of the molecule is [C-]#[N+]C1=NNC2C=CC3=C(C4=C(CCCC4)C(/C=C/C(I)=C(/O)C(=C)I)N3)C12. The van der Waals surface area contributed by atoms with Gasteiger partial charge in [-0.05, 0) is 105 Å². The molecule has 0 fully saturated rings. The van der Waals surface area contributed by atoms with E-state index >= 15 is 0 Å². The van der Waals surface area contributed by atoms with Crippen LogP contribution < -0.4 is 10.7 Å². The number of hydrazone groups is 1. The van der Waals surface area contributed by atoms with Crippen LogP contribution in [-0.4, -0.2) is 23.0 Å². The molecule has 3 atom stereocenters. The van der Waals surface area contributed by atoms with Crippen LogP contribution in [0.25, 0.3) is 4.85 Å². The fourth-order valence-electron chi connectivity index (χ4n) is 4.32. The van der Waals surface area contributed by atoms with E-state index in [9.17, 15) is 5.11 Å². The molecule has 0 saturated carbocycles. The fourth-order valence-corrected chi connectivity index (χ4v) is 5.66. The number of allylic oxidation sites excluding steroid dienone is 5. The Balaban J connectivity index is 1.72. The third-order valence-corrected chi connectivity index (χ3v) is 6.97. The number of hydrogen-bond donors (Lipinski definition) is 3. The zero-order chi connectivity index (χ0) is 19.8. The average Bonchev–Trinajstić information content (AvgIpc) is 3.14. The van der Waals surface area contributed by atoms with Crippen LogP contribution in [0.15, 0.2) is 71.3 Å². The van der Waals surface area contributed by atoms with E-state index in [2.05, 4.69) is 68.1 Å². The van der Waals surface area contributed by atoms with Crippen molar-refractivity contribution in [3.05, 3.63) is 77.6 Å². The summed E-state index contributed by atoms with van der Waals surface area (Å²) < 4.78 is 1.41. The monoisotopic (exact) mass is 598 g/mol. The molecule has 4 aliphatic rings. The maximum absolute atomic E-state index is 10.1. The Labute approximate surface area is 192 Å². The van der Waals surface area contributed by atoms with Gasteiger partial charge in [0.1, 0.15) is 5.76 Å². The van der Waals surface area contributed by atoms with E-state index in [1.807, 2.05) is 28.7 Å². The van der Waals surface area contributed by atoms with Crippen molar-refractivity contribution in [1.82, 2.24) is 10.7 Å². The lowest BCUT2D eigenvalue weighted by atomic mass is 9.72. The molecule has 0 aromatic carbocycles. The van der Waals surface area contributed by atoms with E-state index in [0.717, 1.165) is 22.1 Å². The van der Waals surface area contributed by atoms with Gasteiger partial charge in [-0.1, -0.05) is 25.3 Å². The van der Waals surface area contributed by atoms with Gasteiger partial charge in [0.05, 0.1) is 21.6 Å². The van der Waals surface area contributed by atoms with Gasteiger partial charge in [0.2, 0.25) is 0 Å². The van der Waals surface area contributed by atoms with Crippen molar-refractivity contribution in [3.63, 3.8) is 0 Å². The van der Waals surface area contributed by atoms with Crippen LogP contribution in [-0.2, 0) is 0 Å². The van der Waals surface area contributed by atoms with E-state index in [1.165, 1.54) is 29.6 Å². The first-order valence-electron chi connectivity index (χ1n) is 9.24. The van der Waals surface area contributed by atoms with Crippen LogP contribution >= 0.6 is 45.2 Å². The lowest BCUT2D eigenvalue weighted by molar-refractivity contribution is 0.431. The number of aliphatic hydroxyl groups is 1. The van der Waals surface area contributed by atoms with Crippen molar-refractivity contribution < 1.29 is 5.11 Å². The van der Waals surface area contributed by atoms with Crippen LogP contribution in [0.3, 0.4) is 0 Å². The Morgan fingerprint density at radius 2 is 2.14 bits per heavy atom. The Bertz CT molecular complexity index is 961. The number of hydrogen-bond acceptors (Lipinski definition) is 4. The summed E-state index contributed by atoms with van der Waals surface area (Å²) in [6, 6.07) is 0.167. The molecule has 144 valence electrons. The molecule has 3 unspecified atom stereocenters. The zero-order valence-electron chi connectivity index (χ0n) is 15.2. The van der Waals surface area contributed by atoms with Gasteiger partial charge in [-0.15, -0.1) is 0 Å². The molecule has 0 saturated heterocycles. The summed E-state index contributed by atoms with van der Waals surface area (Å²) >= 11 is 4.17. The topological polar surface area (TPSA) is 61.0 Å². The minimum atomic E-state index is 0.00412. The van der Waals surface area contributed by atoms with Gasteiger partial charge in [0.15, 0.2) is 0 Å². The molecule has 0 bridgehead atoms. The molecule has 0 amide bonds. The number of nitrogens with one attached hydrogen (secondary N) is 2. The van der Waals surface area contributed by atoms with Crippen LogP contribution in [0.2, 0.25) is 0 Å². The quantitative estimate of drug-likeness (QED) is 0.182. The summed E-state index contributed by atoms with van der Waals surface area (Å²) in [5.41, 5.74) is 8.26. The summed E-state index contributed by atoms with van der Waals surface area (Å²) in [6.45, 7) is 11.3. The maximum atomic E-state index is 10.1. The Kier molecular flexibility index (Phi) is 5.69. The second kappa shape index (κ2) is 8.06. The van der Waals surface area contributed by atoms with Gasteiger partial charge in [-0.3, -0.25) is 0 Å². The molecule has 0 spiro atoms. The van der Waals surface area contributed by atoms with Crippen LogP contribution in [0.5, 0.6) is 0 Å². The first-order valence-corrected chi connectivity index (χ1v) is 11.4. The number of rotatable bonds is 3. The van der Waals surface area contributed by atoms with Gasteiger partial charge in [-0.2, -0.15) is 0 Å². The van der Waals surface area contributed by atoms with Crippen LogP contribution in [0.4, 0.5) is 0 Å². The molecule has 2 aliphatic carbocycles. The molecule has 7 heteroatoms. The van der Waals surface area contributed by atoms with E-state index in [-0.39, 0.29) is 23.8 Å². The Morgan fingerprint density at radius 1 is 1.36 bits per heavy atom. The predicted octanol–water partition coefficient (Wildman–Crippen LogP) is 5.18. The molecule has 28 heavy (non-hydrogen) atoms. The lowest BCUT2D eigenvalue weighted by Gasteiger charge is -2.39. The zero-order valence-corrected chi connectivity index (χ0v) is 19.5. The lowest BCUT2D eigenvalue weighted by Crippen LogP contribution is -2.41. The first kappa shape index (κ1) is 19.8. The van der Waals surface area contributed by atoms with E-state index in [4.69, 9.17) is 6.57 Å². The van der Waals surface area contributed by atoms with Crippen molar-refractivity contribution in [2.24, 2.45) is 11.0 Å². The normalized spacial score (nSPS) is 29.2. The highest BCUT2D eigenvalue weighted by molar-refractivity contribution is 14.1. The number of amidine groups is 1. The van der Waals surface area contributed by atoms with Crippen molar-refractivity contribution in [2.45, 2.75) is 37.8 Å². The summed E-state index contributed by atoms with van der Waals surface area (Å²) in [5.74, 6) is 0.781. The van der Waals surface area contributed by atoms with Gasteiger partial charge in [-0.25, -0.2) is 5.43 Å². The standard InChI is InChI=1S/C21H20I2N4O/c1-11(22)20(28)14(23)7-8-15-12-5-3-4-6-13(12)18-16(25-15)9-10-17-19(18)21(24-2)27-26-17/h7-10,15,17,19,25-26,28H,1,3-6H2/b8-7+,20-14-. The highest BCUT2D eigenvalue weighted by atomic mass is 127. The molecular formula is C21H20I2N4O. The van der Waals surface area contributed by atoms with Gasteiger partial charge in [0.25, 0.3) is 5.84 Å². The second-order valence-electron chi connectivity index (χ2n) is 7.19. The minimum absolute atomic E-state index is 0.00412. The largest absolute Gasteiger partial charge is 0.506 e. The average molecular weight is 598 g/mol. The first-order chi connectivity index (χ1) is 13.5. The minimum Gasteiger partial charge on any atom is -0.506 e. The van der Waals surface area contributed by atoms with E-state index in [0.29, 0.717) is 9.42 Å². The highest BCUT2D eigenvalue weighted by Crippen LogP contribution is 2.44. The van der Waals surface area contributed by atoms with Crippen molar-refractivity contribution in [2.75, 3.05) is 0 Å². The molecule has 2 aliphatic heterocycles. The Morgan fingerprint density at radius 3 is 2.89 bits per heavy atom. The summed E-state index contributed by atoms with van der Waals surface area (Å²) in [6.07, 6.45) is 12.8. The molecule has 0 aromatic heterocycles. The fraction of sp³-hybridized carbons (Fsp3) is 0.333. The van der Waals surface area contributed by atoms with Gasteiger partial charge < -0.3 is 15.3 Å². The van der Waals surface area contributed by atoms with Crippen molar-refractivity contribution in [1.29, 1.82) is 0 Å². The van der Waals surface area contributed by atoms with Crippen molar-refractivity contribution >= 4 is 51.0 Å². The molecule has 0 aromatic rings. The molecule has 2 heterocycles. The number of fused-ring (bicyclic) bond motifs is 3. The number of nitrogens with zero attached hydrogens (tertiary/aromatic N) is 2. The van der Waals surface area contributed by atoms with Crippen LogP contribution in [0, 0.1) is 12.5 Å². The van der Waals surface area contributed by atoms with Gasteiger partial charge in [0, 0.05) is 9.28 Å². The summed E-state index contributed by atoms with van der Waals surface area (Å²) in [5, 5.41) is 18.0. The van der Waals surface area contributed by atoms with E-state index < -0.39 is 0 Å². The smallest absolute Gasteiger partial charge is 0.280 e. The number of dihydropyridines is 1. The third kappa shape index (κ3) is 3.45. The number of aliphatic hydroxyl groups excluding tert-OH is 1. The molecular weight excluding hydrogens is 578 g/mol. The summed E-state index contributed by atoms with van der Waals surface area (Å²) in [4.78, 5) is 3.68. The Hall–Kier alpha value is -1.54. The molecule has 3 N–H and O–H groups in total. The highest BCUT2D eigenvalue weighted by Gasteiger charge is 2.43. The van der Waals surface area contributed by atoms with Crippen LogP contribution in [0.1, 0.15) is 25.7 Å². The number of halogens is 2. The summed E-state index contributed by atoms with van der Waals surface area (Å²) in [7, 11) is 0.